The van der Waals surface area contributed by atoms with E-state index in [0.717, 1.165) is 5.32 Å². The fourth-order valence-electron chi connectivity index (χ4n) is 3.97. The first kappa shape index (κ1) is 46.9. The Bertz CT molecular complexity index is 1180. The second-order valence-corrected chi connectivity index (χ2v) is 10.7. The van der Waals surface area contributed by atoms with Gasteiger partial charge in [-0.25, -0.2) is 0 Å². The van der Waals surface area contributed by atoms with Crippen LogP contribution in [-0.2, 0) is 14.3 Å². The molecule has 0 aromatic rings. The van der Waals surface area contributed by atoms with Crippen molar-refractivity contribution in [3.8, 4) is 0 Å². The Hall–Kier alpha value is -2.12. The molecule has 1 saturated heterocycles. The van der Waals surface area contributed by atoms with Gasteiger partial charge in [-0.2, -0.15) is 74.6 Å². The third kappa shape index (κ3) is 8.05. The zero-order valence-electron chi connectivity index (χ0n) is 24.3. The number of alkyl halides is 17. The Morgan fingerprint density at radius 1 is 0.667 bits per heavy atom. The molecule has 12 nitrogen and oxygen atoms in total. The van der Waals surface area contributed by atoms with E-state index in [-0.39, 0.29) is 0 Å². The number of nitrogens with one attached hydrogen (secondary N) is 1. The molecule has 304 valence electrons. The molecule has 1 aliphatic rings. The van der Waals surface area contributed by atoms with Crippen molar-refractivity contribution in [3.05, 3.63) is 0 Å². The number of amides is 1. The van der Waals surface area contributed by atoms with Crippen molar-refractivity contribution >= 4 is 5.91 Å². The van der Waals surface area contributed by atoms with Crippen LogP contribution in [0, 0.1) is 0 Å². The maximum absolute atomic E-state index is 14.1. The minimum atomic E-state index is -8.84. The number of hydrogen-bond donors (Lipinski definition) is 9. The lowest BCUT2D eigenvalue weighted by molar-refractivity contribution is -0.461. The maximum atomic E-state index is 14.1. The Balaban J connectivity index is 3.20. The lowest BCUT2D eigenvalue weighted by atomic mass is 9.88. The summed E-state index contributed by atoms with van der Waals surface area (Å²) >= 11 is 0. The number of hydrogen-bond acceptors (Lipinski definition) is 11. The third-order valence-corrected chi connectivity index (χ3v) is 7.16. The highest BCUT2D eigenvalue weighted by Gasteiger charge is 2.95. The summed E-state index contributed by atoms with van der Waals surface area (Å²) in [5.41, 5.74) is 0. The van der Waals surface area contributed by atoms with Gasteiger partial charge < -0.3 is 55.6 Å². The van der Waals surface area contributed by atoms with Crippen molar-refractivity contribution in [3.63, 3.8) is 0 Å². The second kappa shape index (κ2) is 15.3. The topological polar surface area (TPSA) is 209 Å². The molecule has 0 aliphatic carbocycles. The predicted octanol–water partition coefficient (Wildman–Crippen LogP) is -0.238. The summed E-state index contributed by atoms with van der Waals surface area (Å²) < 4.78 is 237. The summed E-state index contributed by atoms with van der Waals surface area (Å²) in [4.78, 5) is 12.1. The molecule has 29 heteroatoms. The highest BCUT2D eigenvalue weighted by molar-refractivity contribution is 5.81. The van der Waals surface area contributed by atoms with Crippen LogP contribution in [0.15, 0.2) is 0 Å². The van der Waals surface area contributed by atoms with E-state index in [1.807, 2.05) is 0 Å². The van der Waals surface area contributed by atoms with Gasteiger partial charge in [-0.15, -0.1) is 0 Å². The van der Waals surface area contributed by atoms with Crippen LogP contribution in [0.5, 0.6) is 0 Å². The van der Waals surface area contributed by atoms with E-state index in [1.165, 1.54) is 0 Å². The van der Waals surface area contributed by atoms with Crippen LogP contribution in [0.3, 0.4) is 0 Å². The summed E-state index contributed by atoms with van der Waals surface area (Å²) in [6.07, 6.45) is -32.8. The average Bonchev–Trinajstić information content (AvgIpc) is 3.00. The molecule has 0 bridgehead atoms. The van der Waals surface area contributed by atoms with Gasteiger partial charge in [-0.3, -0.25) is 4.79 Å². The minimum Gasteiger partial charge on any atom is -0.394 e. The number of carbonyl (C=O) groups is 1. The normalized spacial score (nSPS) is 26.0. The van der Waals surface area contributed by atoms with Crippen molar-refractivity contribution < 1.29 is 130 Å². The Morgan fingerprint density at radius 2 is 1.10 bits per heavy atom. The number of carbonyl (C=O) groups excluding carboxylic acids is 1. The van der Waals surface area contributed by atoms with E-state index in [4.69, 9.17) is 19.7 Å². The lowest BCUT2D eigenvalue weighted by Gasteiger charge is -2.42. The fraction of sp³-hybridized carbons (Fsp3) is 0.955. The largest absolute Gasteiger partial charge is 0.460 e. The Labute approximate surface area is 271 Å². The molecule has 0 radical (unpaired) electrons. The number of ether oxygens (including phenoxy) is 2. The zero-order chi connectivity index (χ0) is 40.7. The number of aliphatic hydroxyl groups excluding tert-OH is 8. The first-order chi connectivity index (χ1) is 22.6. The summed E-state index contributed by atoms with van der Waals surface area (Å²) in [5.74, 6) is -60.5. The average molecular weight is 803 g/mol. The summed E-state index contributed by atoms with van der Waals surface area (Å²) in [6.45, 7) is -4.82. The van der Waals surface area contributed by atoms with Gasteiger partial charge in [0.25, 0.3) is 5.91 Å². The number of aliphatic hydroxyl groups is 8. The van der Waals surface area contributed by atoms with E-state index in [0.29, 0.717) is 0 Å². The highest BCUT2D eigenvalue weighted by Crippen LogP contribution is 2.64. The van der Waals surface area contributed by atoms with Crippen molar-refractivity contribution in [2.75, 3.05) is 19.8 Å². The molecule has 1 amide bonds. The van der Waals surface area contributed by atoms with E-state index < -0.39 is 135 Å². The van der Waals surface area contributed by atoms with Crippen LogP contribution in [-0.4, -0.2) is 169 Å². The van der Waals surface area contributed by atoms with Crippen LogP contribution >= 0.6 is 0 Å². The fourth-order valence-corrected chi connectivity index (χ4v) is 3.97. The van der Waals surface area contributed by atoms with Gasteiger partial charge in [0.1, 0.15) is 42.7 Å². The van der Waals surface area contributed by atoms with Crippen LogP contribution in [0.1, 0.15) is 6.42 Å². The smallest absolute Gasteiger partial charge is 0.394 e. The van der Waals surface area contributed by atoms with E-state index in [2.05, 4.69) is 0 Å². The quantitative estimate of drug-likeness (QED) is 0.0878. The van der Waals surface area contributed by atoms with Gasteiger partial charge in [-0.05, 0) is 0 Å². The molecule has 1 rings (SSSR count). The molecule has 1 heterocycles. The van der Waals surface area contributed by atoms with Crippen LogP contribution in [0.25, 0.3) is 0 Å². The van der Waals surface area contributed by atoms with Crippen LogP contribution in [0.2, 0.25) is 0 Å². The maximum Gasteiger partial charge on any atom is 0.460 e. The number of halogens is 17. The molecule has 1 fully saturated rings. The standard InChI is InChI=1S/C22H26F17NO11/c23-15(24,16(25,26)17(27,28)18(29,30)19(31,32)20(33,34)21(35,36)22(37,38)39)1-2-40-13(49)10(47)9(46)12(5(43)3-41)51-14-11(48)8(45)7(44)6(4-42)50-14/h5-12,14,41-48H,1-4H2,(H,40,49)/t5-,6-,7+,8+,9-,10-,11-,12-,14+/m1/s1. The molecular weight excluding hydrogens is 777 g/mol. The van der Waals surface area contributed by atoms with Gasteiger partial charge in [0.15, 0.2) is 12.4 Å². The van der Waals surface area contributed by atoms with E-state index in [1.54, 1.807) is 0 Å². The summed E-state index contributed by atoms with van der Waals surface area (Å²) in [7, 11) is 0. The minimum absolute atomic E-state index is 0.953. The molecule has 0 aromatic heterocycles. The SMILES string of the molecule is O=C(NCCC(F)(F)C(F)(F)C(F)(F)C(F)(F)C(F)(F)C(F)(F)C(F)(F)C(F)(F)F)[C@H](O)[C@@H](O)[C@H](O[C@@H]1O[C@H](CO)[C@H](O)[C@H](O)[C@H]1O)[C@H](O)CO. The number of rotatable bonds is 17. The summed E-state index contributed by atoms with van der Waals surface area (Å²) in [5, 5.41) is 78.9. The first-order valence-electron chi connectivity index (χ1n) is 13.2. The highest BCUT2D eigenvalue weighted by atomic mass is 19.4. The van der Waals surface area contributed by atoms with Crippen molar-refractivity contribution in [1.29, 1.82) is 0 Å². The molecule has 1 aliphatic heterocycles. The molecule has 9 atom stereocenters. The van der Waals surface area contributed by atoms with Crippen LogP contribution in [0.4, 0.5) is 74.6 Å². The molecule has 0 saturated carbocycles. The van der Waals surface area contributed by atoms with Gasteiger partial charge >= 0.3 is 47.6 Å². The Kier molecular flexibility index (Phi) is 14.1. The van der Waals surface area contributed by atoms with E-state index in [9.17, 15) is 110 Å². The van der Waals surface area contributed by atoms with E-state index >= 15 is 0 Å². The molecule has 51 heavy (non-hydrogen) atoms. The third-order valence-electron chi connectivity index (χ3n) is 7.16. The van der Waals surface area contributed by atoms with Crippen molar-refractivity contribution in [1.82, 2.24) is 5.32 Å². The lowest BCUT2D eigenvalue weighted by Crippen LogP contribution is -2.74. The van der Waals surface area contributed by atoms with Crippen LogP contribution < -0.4 is 5.32 Å². The molecule has 0 aromatic carbocycles. The first-order valence-corrected chi connectivity index (χ1v) is 13.2. The predicted molar refractivity (Wildman–Crippen MR) is 122 cm³/mol. The molecule has 0 spiro atoms. The summed E-state index contributed by atoms with van der Waals surface area (Å²) in [6, 6.07) is 0. The monoisotopic (exact) mass is 803 g/mol. The molecular formula is C22H26F17NO11. The van der Waals surface area contributed by atoms with Gasteiger partial charge in [0, 0.05) is 13.0 Å². The molecule has 9 N–H and O–H groups in total. The van der Waals surface area contributed by atoms with Crippen molar-refractivity contribution in [2.24, 2.45) is 0 Å². The van der Waals surface area contributed by atoms with Gasteiger partial charge in [0.05, 0.1) is 13.2 Å². The Morgan fingerprint density at radius 3 is 1.51 bits per heavy atom. The molecule has 0 unspecified atom stereocenters. The second-order valence-electron chi connectivity index (χ2n) is 10.7. The zero-order valence-corrected chi connectivity index (χ0v) is 24.3. The van der Waals surface area contributed by atoms with Gasteiger partial charge in [0.2, 0.25) is 0 Å². The van der Waals surface area contributed by atoms with Gasteiger partial charge in [-0.1, -0.05) is 0 Å². The van der Waals surface area contributed by atoms with Crippen molar-refractivity contribution in [2.45, 2.75) is 109 Å².